The highest BCUT2D eigenvalue weighted by Crippen LogP contribution is 2.21. The van der Waals surface area contributed by atoms with Gasteiger partial charge in [-0.15, -0.1) is 0 Å². The maximum absolute atomic E-state index is 3.46. The van der Waals surface area contributed by atoms with Gasteiger partial charge in [-0.25, -0.2) is 0 Å². The summed E-state index contributed by atoms with van der Waals surface area (Å²) in [6.45, 7) is 17.5. The minimum Gasteiger partial charge on any atom is -0.316 e. The first-order valence-electron chi connectivity index (χ1n) is 7.24. The quantitative estimate of drug-likeness (QED) is 0.702. The van der Waals surface area contributed by atoms with Crippen molar-refractivity contribution in [2.24, 2.45) is 11.3 Å². The van der Waals surface area contributed by atoms with Crippen molar-refractivity contribution >= 4 is 0 Å². The highest BCUT2D eigenvalue weighted by molar-refractivity contribution is 4.80. The highest BCUT2D eigenvalue weighted by atomic mass is 15.1. The Kier molecular flexibility index (Phi) is 8.06. The van der Waals surface area contributed by atoms with Crippen LogP contribution in [-0.4, -0.2) is 37.6 Å². The lowest BCUT2D eigenvalue weighted by atomic mass is 9.85. The van der Waals surface area contributed by atoms with Crippen LogP contribution < -0.4 is 5.32 Å². The predicted molar refractivity (Wildman–Crippen MR) is 78.5 cm³/mol. The van der Waals surface area contributed by atoms with Gasteiger partial charge in [-0.2, -0.15) is 0 Å². The fraction of sp³-hybridized carbons (Fsp3) is 1.00. The number of hydrogen-bond donors (Lipinski definition) is 1. The second-order valence-electron chi connectivity index (χ2n) is 6.40. The first kappa shape index (κ1) is 16.9. The van der Waals surface area contributed by atoms with Gasteiger partial charge in [-0.1, -0.05) is 48.0 Å². The minimum absolute atomic E-state index is 0.352. The van der Waals surface area contributed by atoms with E-state index in [-0.39, 0.29) is 0 Å². The molecule has 2 nitrogen and oxygen atoms in total. The largest absolute Gasteiger partial charge is 0.316 e. The predicted octanol–water partition coefficient (Wildman–Crippen LogP) is 3.38. The second kappa shape index (κ2) is 8.10. The van der Waals surface area contributed by atoms with Crippen molar-refractivity contribution in [1.29, 1.82) is 0 Å². The maximum Gasteiger partial charge on any atom is 0.0125 e. The Morgan fingerprint density at radius 2 is 1.76 bits per heavy atom. The molecular formula is C15H34N2. The summed E-state index contributed by atoms with van der Waals surface area (Å²) in [5, 5.41) is 3.46. The molecule has 0 amide bonds. The average molecular weight is 242 g/mol. The monoisotopic (exact) mass is 242 g/mol. The lowest BCUT2D eigenvalue weighted by molar-refractivity contribution is 0.198. The van der Waals surface area contributed by atoms with E-state index in [2.05, 4.69) is 58.8 Å². The summed E-state index contributed by atoms with van der Waals surface area (Å²) in [5.41, 5.74) is 0.352. The van der Waals surface area contributed by atoms with E-state index in [4.69, 9.17) is 0 Å². The van der Waals surface area contributed by atoms with Crippen LogP contribution in [0.4, 0.5) is 0 Å². The van der Waals surface area contributed by atoms with E-state index < -0.39 is 0 Å². The van der Waals surface area contributed by atoms with Gasteiger partial charge >= 0.3 is 0 Å². The molecule has 0 saturated carbocycles. The zero-order valence-corrected chi connectivity index (χ0v) is 13.1. The molecule has 0 rings (SSSR count). The van der Waals surface area contributed by atoms with E-state index in [1.54, 1.807) is 0 Å². The van der Waals surface area contributed by atoms with Crippen LogP contribution in [-0.2, 0) is 0 Å². The van der Waals surface area contributed by atoms with Gasteiger partial charge in [0.25, 0.3) is 0 Å². The molecule has 0 aliphatic carbocycles. The second-order valence-corrected chi connectivity index (χ2v) is 6.40. The van der Waals surface area contributed by atoms with Crippen molar-refractivity contribution < 1.29 is 0 Å². The van der Waals surface area contributed by atoms with E-state index in [9.17, 15) is 0 Å². The van der Waals surface area contributed by atoms with Crippen molar-refractivity contribution in [2.45, 2.75) is 60.4 Å². The topological polar surface area (TPSA) is 15.3 Å². The molecule has 0 aromatic carbocycles. The third kappa shape index (κ3) is 7.05. The fourth-order valence-corrected chi connectivity index (χ4v) is 2.27. The van der Waals surface area contributed by atoms with Crippen LogP contribution in [0.15, 0.2) is 0 Å². The maximum atomic E-state index is 3.46. The van der Waals surface area contributed by atoms with E-state index in [1.165, 1.54) is 32.5 Å². The molecular weight excluding hydrogens is 208 g/mol. The van der Waals surface area contributed by atoms with Gasteiger partial charge in [0.05, 0.1) is 0 Å². The van der Waals surface area contributed by atoms with E-state index >= 15 is 0 Å². The number of nitrogens with zero attached hydrogens (tertiary/aromatic N) is 1. The van der Waals surface area contributed by atoms with Crippen LogP contribution in [0, 0.1) is 11.3 Å². The fourth-order valence-electron chi connectivity index (χ4n) is 2.27. The SMILES string of the molecule is CCC(C)CN(CC)CCC(NC)C(C)(C)C. The van der Waals surface area contributed by atoms with E-state index in [0.29, 0.717) is 11.5 Å². The van der Waals surface area contributed by atoms with Crippen molar-refractivity contribution in [3.05, 3.63) is 0 Å². The van der Waals surface area contributed by atoms with Crippen LogP contribution in [0.2, 0.25) is 0 Å². The van der Waals surface area contributed by atoms with Crippen LogP contribution in [0.3, 0.4) is 0 Å². The van der Waals surface area contributed by atoms with Crippen molar-refractivity contribution in [2.75, 3.05) is 26.7 Å². The third-order valence-electron chi connectivity index (χ3n) is 3.84. The molecule has 0 bridgehead atoms. The molecule has 104 valence electrons. The number of hydrogen-bond acceptors (Lipinski definition) is 2. The first-order chi connectivity index (χ1) is 7.85. The van der Waals surface area contributed by atoms with Gasteiger partial charge in [0.1, 0.15) is 0 Å². The molecule has 0 spiro atoms. The molecule has 0 aliphatic heterocycles. The van der Waals surface area contributed by atoms with Crippen LogP contribution >= 0.6 is 0 Å². The standard InChI is InChI=1S/C15H34N2/c1-8-13(3)12-17(9-2)11-10-14(16-7)15(4,5)6/h13-14,16H,8-12H2,1-7H3. The summed E-state index contributed by atoms with van der Waals surface area (Å²) in [7, 11) is 2.08. The summed E-state index contributed by atoms with van der Waals surface area (Å²) >= 11 is 0. The summed E-state index contributed by atoms with van der Waals surface area (Å²) in [6.07, 6.45) is 2.52. The highest BCUT2D eigenvalue weighted by Gasteiger charge is 2.23. The summed E-state index contributed by atoms with van der Waals surface area (Å²) in [6, 6.07) is 0.605. The average Bonchev–Trinajstić information content (AvgIpc) is 2.26. The van der Waals surface area contributed by atoms with E-state index in [0.717, 1.165) is 5.92 Å². The molecule has 0 saturated heterocycles. The Bertz CT molecular complexity index is 184. The Balaban J connectivity index is 4.12. The molecule has 0 fully saturated rings. The number of rotatable bonds is 8. The molecule has 17 heavy (non-hydrogen) atoms. The molecule has 0 aromatic rings. The van der Waals surface area contributed by atoms with Gasteiger partial charge < -0.3 is 10.2 Å². The van der Waals surface area contributed by atoms with Gasteiger partial charge in [0.15, 0.2) is 0 Å². The Morgan fingerprint density at radius 3 is 2.12 bits per heavy atom. The normalized spacial score (nSPS) is 16.2. The van der Waals surface area contributed by atoms with Gasteiger partial charge in [0, 0.05) is 12.6 Å². The summed E-state index contributed by atoms with van der Waals surface area (Å²) in [5.74, 6) is 0.817. The van der Waals surface area contributed by atoms with E-state index in [1.807, 2.05) is 0 Å². The Labute approximate surface area is 109 Å². The molecule has 2 atom stereocenters. The molecule has 0 aliphatic rings. The third-order valence-corrected chi connectivity index (χ3v) is 3.84. The summed E-state index contributed by atoms with van der Waals surface area (Å²) in [4.78, 5) is 2.59. The summed E-state index contributed by atoms with van der Waals surface area (Å²) < 4.78 is 0. The van der Waals surface area contributed by atoms with Crippen molar-refractivity contribution in [1.82, 2.24) is 10.2 Å². The molecule has 0 aromatic heterocycles. The van der Waals surface area contributed by atoms with Gasteiger partial charge in [-0.3, -0.25) is 0 Å². The molecule has 0 radical (unpaired) electrons. The van der Waals surface area contributed by atoms with Crippen LogP contribution in [0.5, 0.6) is 0 Å². The first-order valence-corrected chi connectivity index (χ1v) is 7.24. The molecule has 0 heterocycles. The van der Waals surface area contributed by atoms with Crippen LogP contribution in [0.25, 0.3) is 0 Å². The van der Waals surface area contributed by atoms with Crippen molar-refractivity contribution in [3.63, 3.8) is 0 Å². The minimum atomic E-state index is 0.352. The Morgan fingerprint density at radius 1 is 1.18 bits per heavy atom. The van der Waals surface area contributed by atoms with Gasteiger partial charge in [-0.05, 0) is 37.9 Å². The zero-order valence-electron chi connectivity index (χ0n) is 13.1. The smallest absolute Gasteiger partial charge is 0.0125 e. The van der Waals surface area contributed by atoms with Crippen molar-refractivity contribution in [3.8, 4) is 0 Å². The molecule has 2 unspecified atom stereocenters. The van der Waals surface area contributed by atoms with Gasteiger partial charge in [0.2, 0.25) is 0 Å². The lowest BCUT2D eigenvalue weighted by Gasteiger charge is -2.33. The lowest BCUT2D eigenvalue weighted by Crippen LogP contribution is -2.41. The number of nitrogens with one attached hydrogen (secondary N) is 1. The Hall–Kier alpha value is -0.0800. The molecule has 1 N–H and O–H groups in total. The van der Waals surface area contributed by atoms with Crippen LogP contribution in [0.1, 0.15) is 54.4 Å². The molecule has 2 heteroatoms. The zero-order chi connectivity index (χ0) is 13.5.